The average molecular weight is 350 g/mol. The Morgan fingerprint density at radius 2 is 1.80 bits per heavy atom. The molecule has 25 heavy (non-hydrogen) atoms. The molecule has 0 saturated heterocycles. The van der Waals surface area contributed by atoms with Crippen LogP contribution in [0, 0.1) is 0 Å². The third kappa shape index (κ3) is 4.14. The van der Waals surface area contributed by atoms with Gasteiger partial charge in [-0.1, -0.05) is 18.2 Å². The van der Waals surface area contributed by atoms with Crippen molar-refractivity contribution < 1.29 is 18.3 Å². The van der Waals surface area contributed by atoms with Crippen LogP contribution in [0.1, 0.15) is 17.5 Å². The molecule has 1 heterocycles. The Hall–Kier alpha value is -2.05. The number of benzene rings is 2. The van der Waals surface area contributed by atoms with E-state index >= 15 is 0 Å². The summed E-state index contributed by atoms with van der Waals surface area (Å²) in [6.45, 7) is 1.52. The Labute approximate surface area is 145 Å². The lowest BCUT2D eigenvalue weighted by molar-refractivity contribution is -0.137. The maximum Gasteiger partial charge on any atom is 0.416 e. The number of aliphatic hydroxyl groups is 1. The summed E-state index contributed by atoms with van der Waals surface area (Å²) in [5, 5.41) is 12.4. The van der Waals surface area contributed by atoms with E-state index in [0.717, 1.165) is 35.5 Å². The first kappa shape index (κ1) is 17.8. The standard InChI is InChI=1S/C19H21F3N2O/c20-19(21,22)15-6-8-17(9-7-15)24-13-16(23-10-3-11-25)12-14-4-1-2-5-18(14)24/h1-2,4-9,16,23,25H,3,10-13H2. The Morgan fingerprint density at radius 1 is 1.08 bits per heavy atom. The molecule has 2 N–H and O–H groups in total. The van der Waals surface area contributed by atoms with Crippen LogP contribution in [0.5, 0.6) is 0 Å². The minimum absolute atomic E-state index is 0.138. The number of nitrogens with zero attached hydrogens (tertiary/aromatic N) is 1. The fourth-order valence-electron chi connectivity index (χ4n) is 3.19. The van der Waals surface area contributed by atoms with Crippen LogP contribution in [0.3, 0.4) is 0 Å². The van der Waals surface area contributed by atoms with Gasteiger partial charge < -0.3 is 15.3 Å². The van der Waals surface area contributed by atoms with Gasteiger partial charge in [0.2, 0.25) is 0 Å². The van der Waals surface area contributed by atoms with Crippen molar-refractivity contribution in [2.45, 2.75) is 25.1 Å². The molecule has 0 fully saturated rings. The fraction of sp³-hybridized carbons (Fsp3) is 0.368. The number of nitrogens with one attached hydrogen (secondary N) is 1. The van der Waals surface area contributed by atoms with Crippen LogP contribution in [0.15, 0.2) is 48.5 Å². The van der Waals surface area contributed by atoms with Crippen molar-refractivity contribution in [3.05, 3.63) is 59.7 Å². The second kappa shape index (κ2) is 7.45. The number of para-hydroxylation sites is 1. The van der Waals surface area contributed by atoms with Crippen molar-refractivity contribution in [1.82, 2.24) is 5.32 Å². The summed E-state index contributed by atoms with van der Waals surface area (Å²) < 4.78 is 38.4. The summed E-state index contributed by atoms with van der Waals surface area (Å²) in [6, 6.07) is 13.4. The molecule has 3 nitrogen and oxygen atoms in total. The second-order valence-electron chi connectivity index (χ2n) is 6.22. The average Bonchev–Trinajstić information content (AvgIpc) is 2.61. The molecule has 1 atom stereocenters. The maximum atomic E-state index is 12.8. The van der Waals surface area contributed by atoms with E-state index in [1.807, 2.05) is 24.3 Å². The predicted octanol–water partition coefficient (Wildman–Crippen LogP) is 3.74. The van der Waals surface area contributed by atoms with Crippen molar-refractivity contribution in [3.8, 4) is 0 Å². The van der Waals surface area contributed by atoms with Gasteiger partial charge in [-0.05, 0) is 55.3 Å². The molecule has 2 aromatic carbocycles. The zero-order valence-corrected chi connectivity index (χ0v) is 13.8. The van der Waals surface area contributed by atoms with Crippen LogP contribution in [-0.2, 0) is 12.6 Å². The lowest BCUT2D eigenvalue weighted by atomic mass is 9.97. The van der Waals surface area contributed by atoms with Crippen molar-refractivity contribution in [2.75, 3.05) is 24.6 Å². The highest BCUT2D eigenvalue weighted by Crippen LogP contribution is 2.35. The number of hydrogen-bond donors (Lipinski definition) is 2. The van der Waals surface area contributed by atoms with E-state index in [1.165, 1.54) is 12.1 Å². The highest BCUT2D eigenvalue weighted by Gasteiger charge is 2.31. The van der Waals surface area contributed by atoms with E-state index in [1.54, 1.807) is 0 Å². The number of halogens is 3. The first-order valence-corrected chi connectivity index (χ1v) is 8.36. The van der Waals surface area contributed by atoms with E-state index in [4.69, 9.17) is 5.11 Å². The Bertz CT molecular complexity index is 701. The van der Waals surface area contributed by atoms with Crippen LogP contribution < -0.4 is 10.2 Å². The lowest BCUT2D eigenvalue weighted by Crippen LogP contribution is -2.44. The molecule has 2 aromatic rings. The maximum absolute atomic E-state index is 12.8. The molecule has 1 aliphatic heterocycles. The van der Waals surface area contributed by atoms with Gasteiger partial charge in [0.05, 0.1) is 5.56 Å². The normalized spacial score (nSPS) is 17.4. The third-order valence-electron chi connectivity index (χ3n) is 4.43. The minimum atomic E-state index is -4.33. The molecule has 0 saturated carbocycles. The van der Waals surface area contributed by atoms with Crippen LogP contribution in [0.4, 0.5) is 24.5 Å². The zero-order chi connectivity index (χ0) is 17.9. The van der Waals surface area contributed by atoms with Gasteiger partial charge in [-0.25, -0.2) is 0 Å². The summed E-state index contributed by atoms with van der Waals surface area (Å²) in [5.41, 5.74) is 2.30. The molecule has 0 aliphatic carbocycles. The third-order valence-corrected chi connectivity index (χ3v) is 4.43. The summed E-state index contributed by atoms with van der Waals surface area (Å²) in [4.78, 5) is 2.05. The highest BCUT2D eigenvalue weighted by molar-refractivity contribution is 5.68. The molecular weight excluding hydrogens is 329 g/mol. The molecular formula is C19H21F3N2O. The van der Waals surface area contributed by atoms with Gasteiger partial charge in [0.15, 0.2) is 0 Å². The monoisotopic (exact) mass is 350 g/mol. The Balaban J connectivity index is 1.85. The van der Waals surface area contributed by atoms with E-state index in [-0.39, 0.29) is 12.6 Å². The number of aliphatic hydroxyl groups excluding tert-OH is 1. The first-order chi connectivity index (χ1) is 12.0. The smallest absolute Gasteiger partial charge is 0.396 e. The van der Waals surface area contributed by atoms with E-state index in [2.05, 4.69) is 10.2 Å². The summed E-state index contributed by atoms with van der Waals surface area (Å²) in [7, 11) is 0. The van der Waals surface area contributed by atoms with Crippen molar-refractivity contribution in [3.63, 3.8) is 0 Å². The molecule has 0 spiro atoms. The van der Waals surface area contributed by atoms with Crippen LogP contribution in [0.25, 0.3) is 0 Å². The summed E-state index contributed by atoms with van der Waals surface area (Å²) in [6.07, 6.45) is -2.79. The topological polar surface area (TPSA) is 35.5 Å². The van der Waals surface area contributed by atoms with Gasteiger partial charge in [0.1, 0.15) is 0 Å². The number of rotatable bonds is 5. The zero-order valence-electron chi connectivity index (χ0n) is 13.8. The van der Waals surface area contributed by atoms with E-state index < -0.39 is 11.7 Å². The number of fused-ring (bicyclic) bond motifs is 1. The van der Waals surface area contributed by atoms with Crippen molar-refractivity contribution in [2.24, 2.45) is 0 Å². The number of alkyl halides is 3. The largest absolute Gasteiger partial charge is 0.416 e. The fourth-order valence-corrected chi connectivity index (χ4v) is 3.19. The van der Waals surface area contributed by atoms with Gasteiger partial charge in [-0.2, -0.15) is 13.2 Å². The summed E-state index contributed by atoms with van der Waals surface area (Å²) in [5.74, 6) is 0. The van der Waals surface area contributed by atoms with Gasteiger partial charge in [-0.15, -0.1) is 0 Å². The molecule has 3 rings (SSSR count). The predicted molar refractivity (Wildman–Crippen MR) is 92.1 cm³/mol. The van der Waals surface area contributed by atoms with Crippen LogP contribution >= 0.6 is 0 Å². The highest BCUT2D eigenvalue weighted by atomic mass is 19.4. The molecule has 1 unspecified atom stereocenters. The van der Waals surface area contributed by atoms with Gasteiger partial charge in [-0.3, -0.25) is 0 Å². The van der Waals surface area contributed by atoms with Crippen LogP contribution in [0.2, 0.25) is 0 Å². The lowest BCUT2D eigenvalue weighted by Gasteiger charge is -2.36. The SMILES string of the molecule is OCCCNC1Cc2ccccc2N(c2ccc(C(F)(F)F)cc2)C1. The Kier molecular flexibility index (Phi) is 5.30. The number of anilines is 2. The molecule has 0 aromatic heterocycles. The molecule has 134 valence electrons. The molecule has 0 radical (unpaired) electrons. The molecule has 0 bridgehead atoms. The molecule has 6 heteroatoms. The first-order valence-electron chi connectivity index (χ1n) is 8.36. The van der Waals surface area contributed by atoms with Gasteiger partial charge in [0, 0.05) is 30.6 Å². The summed E-state index contributed by atoms with van der Waals surface area (Å²) >= 11 is 0. The molecule has 1 aliphatic rings. The van der Waals surface area contributed by atoms with Crippen molar-refractivity contribution >= 4 is 11.4 Å². The van der Waals surface area contributed by atoms with Gasteiger partial charge in [0.25, 0.3) is 0 Å². The van der Waals surface area contributed by atoms with Gasteiger partial charge >= 0.3 is 6.18 Å². The van der Waals surface area contributed by atoms with E-state index in [0.29, 0.717) is 19.5 Å². The molecule has 0 amide bonds. The van der Waals surface area contributed by atoms with Crippen molar-refractivity contribution in [1.29, 1.82) is 0 Å². The van der Waals surface area contributed by atoms with Crippen LogP contribution in [-0.4, -0.2) is 30.8 Å². The quantitative estimate of drug-likeness (QED) is 0.807. The second-order valence-corrected chi connectivity index (χ2v) is 6.22. The number of hydrogen-bond acceptors (Lipinski definition) is 3. The van der Waals surface area contributed by atoms with E-state index in [9.17, 15) is 13.2 Å². The minimum Gasteiger partial charge on any atom is -0.396 e. The Morgan fingerprint density at radius 3 is 2.48 bits per heavy atom.